The maximum absolute atomic E-state index is 5.92. The second-order valence-corrected chi connectivity index (χ2v) is 4.99. The van der Waals surface area contributed by atoms with Gasteiger partial charge in [0.2, 0.25) is 0 Å². The maximum atomic E-state index is 5.92. The third-order valence-corrected chi connectivity index (χ3v) is 3.08. The average Bonchev–Trinajstić information content (AvgIpc) is 2.42. The van der Waals surface area contributed by atoms with Crippen LogP contribution in [0.1, 0.15) is 17.2 Å². The Bertz CT molecular complexity index is 576. The van der Waals surface area contributed by atoms with Gasteiger partial charge >= 0.3 is 0 Å². The molecule has 0 radical (unpaired) electrons. The molecule has 2 rings (SSSR count). The van der Waals surface area contributed by atoms with Crippen LogP contribution in [-0.2, 0) is 0 Å². The highest BCUT2D eigenvalue weighted by atomic mass is 35.5. The van der Waals surface area contributed by atoms with Crippen molar-refractivity contribution in [3.05, 3.63) is 70.7 Å². The number of benzene rings is 2. The summed E-state index contributed by atoms with van der Waals surface area (Å²) in [6.45, 7) is 0. The zero-order valence-corrected chi connectivity index (χ0v) is 11.9. The van der Waals surface area contributed by atoms with Gasteiger partial charge in [0.25, 0.3) is 0 Å². The molecule has 0 spiro atoms. The maximum Gasteiger partial charge on any atom is 0.0969 e. The van der Waals surface area contributed by atoms with Crippen molar-refractivity contribution in [1.82, 2.24) is 4.90 Å². The summed E-state index contributed by atoms with van der Waals surface area (Å²) in [6, 6.07) is 17.9. The molecular formula is C17H16ClN. The van der Waals surface area contributed by atoms with Crippen molar-refractivity contribution in [2.24, 2.45) is 0 Å². The first kappa shape index (κ1) is 13.7. The van der Waals surface area contributed by atoms with E-state index in [9.17, 15) is 0 Å². The Hall–Kier alpha value is -1.75. The highest BCUT2D eigenvalue weighted by molar-refractivity contribution is 6.30. The molecule has 0 N–H and O–H groups in total. The summed E-state index contributed by atoms with van der Waals surface area (Å²) >= 11 is 5.92. The Morgan fingerprint density at radius 2 is 1.58 bits per heavy atom. The molecule has 2 aromatic rings. The van der Waals surface area contributed by atoms with Crippen LogP contribution in [0.25, 0.3) is 0 Å². The molecular weight excluding hydrogens is 254 g/mol. The first-order valence-corrected chi connectivity index (χ1v) is 6.53. The molecule has 1 nitrogen and oxygen atoms in total. The number of halogens is 1. The Morgan fingerprint density at radius 3 is 2.16 bits per heavy atom. The van der Waals surface area contributed by atoms with E-state index in [0.717, 1.165) is 16.1 Å². The van der Waals surface area contributed by atoms with Gasteiger partial charge in [-0.2, -0.15) is 0 Å². The van der Waals surface area contributed by atoms with Gasteiger partial charge in [-0.3, -0.25) is 4.90 Å². The molecule has 0 fully saturated rings. The second kappa shape index (κ2) is 6.43. The minimum absolute atomic E-state index is 0.0671. The van der Waals surface area contributed by atoms with Gasteiger partial charge in [0.05, 0.1) is 6.04 Å². The monoisotopic (exact) mass is 269 g/mol. The molecule has 0 aliphatic carbocycles. The lowest BCUT2D eigenvalue weighted by Gasteiger charge is -2.19. The van der Waals surface area contributed by atoms with Gasteiger partial charge < -0.3 is 0 Å². The van der Waals surface area contributed by atoms with Crippen LogP contribution in [0.15, 0.2) is 54.6 Å². The van der Waals surface area contributed by atoms with Crippen LogP contribution in [0.3, 0.4) is 0 Å². The van der Waals surface area contributed by atoms with E-state index in [1.807, 2.05) is 68.7 Å². The van der Waals surface area contributed by atoms with Crippen molar-refractivity contribution in [3.8, 4) is 11.8 Å². The molecule has 2 aromatic carbocycles. The van der Waals surface area contributed by atoms with Crippen LogP contribution in [0, 0.1) is 11.8 Å². The summed E-state index contributed by atoms with van der Waals surface area (Å²) in [5.41, 5.74) is 2.18. The van der Waals surface area contributed by atoms with E-state index in [1.54, 1.807) is 0 Å². The largest absolute Gasteiger partial charge is 0.292 e. The molecule has 0 aliphatic rings. The third kappa shape index (κ3) is 3.86. The first-order valence-electron chi connectivity index (χ1n) is 6.15. The van der Waals surface area contributed by atoms with Gasteiger partial charge in [0.15, 0.2) is 0 Å². The predicted molar refractivity (Wildman–Crippen MR) is 81.2 cm³/mol. The van der Waals surface area contributed by atoms with Gasteiger partial charge in [-0.25, -0.2) is 0 Å². The van der Waals surface area contributed by atoms with Crippen molar-refractivity contribution in [1.29, 1.82) is 0 Å². The van der Waals surface area contributed by atoms with Crippen LogP contribution in [0.5, 0.6) is 0 Å². The summed E-state index contributed by atoms with van der Waals surface area (Å²) < 4.78 is 0. The van der Waals surface area contributed by atoms with Crippen molar-refractivity contribution in [2.75, 3.05) is 14.1 Å². The van der Waals surface area contributed by atoms with Crippen LogP contribution in [0.4, 0.5) is 0 Å². The molecule has 2 heteroatoms. The Kier molecular flexibility index (Phi) is 4.63. The average molecular weight is 270 g/mol. The molecule has 96 valence electrons. The molecule has 0 heterocycles. The Balaban J connectivity index is 2.27. The highest BCUT2D eigenvalue weighted by Crippen LogP contribution is 2.19. The second-order valence-electron chi connectivity index (χ2n) is 4.55. The molecule has 1 unspecified atom stereocenters. The van der Waals surface area contributed by atoms with Gasteiger partial charge in [-0.15, -0.1) is 0 Å². The first-order chi connectivity index (χ1) is 9.16. The number of nitrogens with zero attached hydrogens (tertiary/aromatic N) is 1. The lowest BCUT2D eigenvalue weighted by Crippen LogP contribution is -2.18. The van der Waals surface area contributed by atoms with E-state index in [-0.39, 0.29) is 6.04 Å². The summed E-state index contributed by atoms with van der Waals surface area (Å²) in [7, 11) is 4.05. The summed E-state index contributed by atoms with van der Waals surface area (Å²) in [5, 5.41) is 0.747. The molecule has 0 saturated carbocycles. The minimum atomic E-state index is 0.0671. The molecule has 0 bridgehead atoms. The number of hydrogen-bond donors (Lipinski definition) is 0. The summed E-state index contributed by atoms with van der Waals surface area (Å²) in [4.78, 5) is 2.10. The zero-order valence-electron chi connectivity index (χ0n) is 11.1. The van der Waals surface area contributed by atoms with E-state index in [0.29, 0.717) is 0 Å². The van der Waals surface area contributed by atoms with Crippen molar-refractivity contribution >= 4 is 11.6 Å². The fourth-order valence-electron chi connectivity index (χ4n) is 1.83. The van der Waals surface area contributed by atoms with E-state index in [2.05, 4.69) is 16.7 Å². The smallest absolute Gasteiger partial charge is 0.0969 e. The third-order valence-electron chi connectivity index (χ3n) is 2.83. The minimum Gasteiger partial charge on any atom is -0.292 e. The van der Waals surface area contributed by atoms with E-state index in [4.69, 9.17) is 11.6 Å². The lowest BCUT2D eigenvalue weighted by molar-refractivity contribution is 0.361. The van der Waals surface area contributed by atoms with Gasteiger partial charge in [-0.05, 0) is 43.9 Å². The van der Waals surface area contributed by atoms with Gasteiger partial charge in [0, 0.05) is 10.6 Å². The molecule has 0 saturated heterocycles. The number of hydrogen-bond acceptors (Lipinski definition) is 1. The quantitative estimate of drug-likeness (QED) is 0.745. The van der Waals surface area contributed by atoms with E-state index >= 15 is 0 Å². The topological polar surface area (TPSA) is 3.24 Å². The van der Waals surface area contributed by atoms with Crippen molar-refractivity contribution in [3.63, 3.8) is 0 Å². The van der Waals surface area contributed by atoms with Crippen LogP contribution >= 0.6 is 11.6 Å². The Morgan fingerprint density at radius 1 is 0.947 bits per heavy atom. The SMILES string of the molecule is CN(C)C(C#Cc1ccccc1)c1ccc(Cl)cc1. The normalized spacial score (nSPS) is 11.8. The highest BCUT2D eigenvalue weighted by Gasteiger charge is 2.10. The summed E-state index contributed by atoms with van der Waals surface area (Å²) in [5.74, 6) is 6.52. The van der Waals surface area contributed by atoms with Crippen LogP contribution in [-0.4, -0.2) is 19.0 Å². The number of rotatable bonds is 2. The van der Waals surface area contributed by atoms with E-state index < -0.39 is 0 Å². The molecule has 19 heavy (non-hydrogen) atoms. The fourth-order valence-corrected chi connectivity index (χ4v) is 1.95. The zero-order chi connectivity index (χ0) is 13.7. The van der Waals surface area contributed by atoms with Crippen molar-refractivity contribution in [2.45, 2.75) is 6.04 Å². The van der Waals surface area contributed by atoms with E-state index in [1.165, 1.54) is 0 Å². The van der Waals surface area contributed by atoms with Crippen LogP contribution < -0.4 is 0 Å². The summed E-state index contributed by atoms with van der Waals surface area (Å²) in [6.07, 6.45) is 0. The standard InChI is InChI=1S/C17H16ClN/c1-19(2)17(15-9-11-16(18)12-10-15)13-8-14-6-4-3-5-7-14/h3-7,9-12,17H,1-2H3. The molecule has 0 aliphatic heterocycles. The molecule has 0 aromatic heterocycles. The fraction of sp³-hybridized carbons (Fsp3) is 0.176. The van der Waals surface area contributed by atoms with Gasteiger partial charge in [-0.1, -0.05) is 53.8 Å². The molecule has 1 atom stereocenters. The van der Waals surface area contributed by atoms with Gasteiger partial charge in [0.1, 0.15) is 0 Å². The lowest BCUT2D eigenvalue weighted by atomic mass is 10.1. The Labute approximate surface area is 119 Å². The van der Waals surface area contributed by atoms with Crippen LogP contribution in [0.2, 0.25) is 5.02 Å². The molecule has 0 amide bonds. The predicted octanol–water partition coefficient (Wildman–Crippen LogP) is 3.99. The van der Waals surface area contributed by atoms with Crippen molar-refractivity contribution < 1.29 is 0 Å².